The molecule has 1 aliphatic heterocycles. The number of halogens is 4. The Hall–Kier alpha value is -3.39. The fourth-order valence-corrected chi connectivity index (χ4v) is 5.82. The summed E-state index contributed by atoms with van der Waals surface area (Å²) in [5.41, 5.74) is -3.87. The molecule has 4 atom stereocenters. The lowest BCUT2D eigenvalue weighted by atomic mass is 9.61. The van der Waals surface area contributed by atoms with Crippen LogP contribution in [0.3, 0.4) is 0 Å². The molecule has 0 aromatic heterocycles. The number of carbonyl (C=O) groups is 1. The SMILES string of the molecule is Cc1ccc(O[C@H]2CCc3cc4c(cc3N(C(=O)[C@@H](C)c3ccccc3)C2)[C@@](C)(F)C4(O)C(F)(F)F)c(C)c1. The van der Waals surface area contributed by atoms with Gasteiger partial charge in [-0.15, -0.1) is 0 Å². The molecule has 39 heavy (non-hydrogen) atoms. The molecule has 5 rings (SSSR count). The summed E-state index contributed by atoms with van der Waals surface area (Å²) in [7, 11) is 0. The van der Waals surface area contributed by atoms with Crippen LogP contribution in [-0.2, 0) is 22.5 Å². The first-order chi connectivity index (χ1) is 18.3. The number of aryl methyl sites for hydroxylation is 3. The summed E-state index contributed by atoms with van der Waals surface area (Å²) in [4.78, 5) is 15.4. The van der Waals surface area contributed by atoms with Crippen molar-refractivity contribution in [2.75, 3.05) is 11.4 Å². The van der Waals surface area contributed by atoms with Gasteiger partial charge < -0.3 is 14.7 Å². The monoisotopic (exact) mass is 541 g/mol. The van der Waals surface area contributed by atoms with Crippen LogP contribution in [0.1, 0.15) is 59.6 Å². The molecule has 0 spiro atoms. The van der Waals surface area contributed by atoms with E-state index in [1.54, 1.807) is 6.92 Å². The van der Waals surface area contributed by atoms with E-state index in [4.69, 9.17) is 4.74 Å². The quantitative estimate of drug-likeness (QED) is 0.371. The minimum atomic E-state index is -5.20. The average Bonchev–Trinajstić information content (AvgIpc) is 3.07. The molecule has 1 aliphatic carbocycles. The summed E-state index contributed by atoms with van der Waals surface area (Å²) in [6.45, 7) is 6.54. The molecule has 0 bridgehead atoms. The van der Waals surface area contributed by atoms with E-state index in [9.17, 15) is 23.1 Å². The third-order valence-electron chi connectivity index (χ3n) is 8.18. The maximum Gasteiger partial charge on any atom is 0.425 e. The standard InChI is InChI=1S/C31H31F4NO3/c1-18-10-13-27(19(2)14-18)39-23-12-11-22-15-25-24(29(4,32)30(25,38)31(33,34)35)16-26(22)36(17-23)28(37)20(3)21-8-6-5-7-9-21/h5-10,13-16,20,23,38H,11-12,17H2,1-4H3/t20-,23-,29+,30?/m0/s1. The number of aliphatic hydroxyl groups is 1. The lowest BCUT2D eigenvalue weighted by molar-refractivity contribution is -0.328. The second-order valence-corrected chi connectivity index (χ2v) is 10.9. The molecule has 0 saturated carbocycles. The van der Waals surface area contributed by atoms with Gasteiger partial charge >= 0.3 is 6.18 Å². The van der Waals surface area contributed by atoms with Gasteiger partial charge in [-0.05, 0) is 75.4 Å². The highest BCUT2D eigenvalue weighted by Crippen LogP contribution is 2.63. The molecule has 8 heteroatoms. The van der Waals surface area contributed by atoms with Gasteiger partial charge in [0, 0.05) is 16.8 Å². The molecule has 1 unspecified atom stereocenters. The summed E-state index contributed by atoms with van der Waals surface area (Å²) in [5, 5.41) is 10.5. The van der Waals surface area contributed by atoms with Crippen LogP contribution in [0.2, 0.25) is 0 Å². The summed E-state index contributed by atoms with van der Waals surface area (Å²) >= 11 is 0. The van der Waals surface area contributed by atoms with Crippen LogP contribution < -0.4 is 9.64 Å². The number of fused-ring (bicyclic) bond motifs is 2. The Kier molecular flexibility index (Phi) is 6.53. The van der Waals surface area contributed by atoms with Crippen LogP contribution in [0.5, 0.6) is 5.75 Å². The molecular weight excluding hydrogens is 510 g/mol. The highest BCUT2D eigenvalue weighted by atomic mass is 19.4. The number of hydrogen-bond acceptors (Lipinski definition) is 3. The number of amides is 1. The third kappa shape index (κ3) is 4.29. The zero-order valence-electron chi connectivity index (χ0n) is 22.3. The van der Waals surface area contributed by atoms with Crippen molar-refractivity contribution in [3.8, 4) is 5.75 Å². The van der Waals surface area contributed by atoms with Gasteiger partial charge in [0.05, 0.1) is 12.5 Å². The second kappa shape index (κ2) is 9.37. The molecule has 4 nitrogen and oxygen atoms in total. The number of anilines is 1. The Morgan fingerprint density at radius 2 is 1.77 bits per heavy atom. The number of alkyl halides is 4. The average molecular weight is 542 g/mol. The molecule has 1 N–H and O–H groups in total. The van der Waals surface area contributed by atoms with Crippen molar-refractivity contribution in [1.29, 1.82) is 0 Å². The minimum Gasteiger partial charge on any atom is -0.488 e. The van der Waals surface area contributed by atoms with Gasteiger partial charge in [-0.3, -0.25) is 4.79 Å². The van der Waals surface area contributed by atoms with Crippen molar-refractivity contribution in [1.82, 2.24) is 0 Å². The number of hydrogen-bond donors (Lipinski definition) is 1. The van der Waals surface area contributed by atoms with Crippen molar-refractivity contribution < 1.29 is 32.2 Å². The Morgan fingerprint density at radius 1 is 1.08 bits per heavy atom. The van der Waals surface area contributed by atoms with E-state index < -0.39 is 35.0 Å². The number of ether oxygens (including phenoxy) is 1. The fourth-order valence-electron chi connectivity index (χ4n) is 5.82. The molecule has 3 aromatic rings. The predicted molar refractivity (Wildman–Crippen MR) is 141 cm³/mol. The predicted octanol–water partition coefficient (Wildman–Crippen LogP) is 6.78. The molecule has 206 valence electrons. The van der Waals surface area contributed by atoms with E-state index in [1.807, 2.05) is 62.4 Å². The van der Waals surface area contributed by atoms with Crippen LogP contribution in [0, 0.1) is 13.8 Å². The van der Waals surface area contributed by atoms with E-state index in [0.717, 1.165) is 23.6 Å². The number of rotatable bonds is 4. The van der Waals surface area contributed by atoms with Crippen LogP contribution >= 0.6 is 0 Å². The first-order valence-electron chi connectivity index (χ1n) is 13.0. The lowest BCUT2D eigenvalue weighted by Crippen LogP contribution is -2.62. The van der Waals surface area contributed by atoms with E-state index in [-0.39, 0.29) is 18.0 Å². The highest BCUT2D eigenvalue weighted by molar-refractivity contribution is 5.99. The number of nitrogens with zero attached hydrogens (tertiary/aromatic N) is 1. The van der Waals surface area contributed by atoms with Crippen molar-refractivity contribution in [3.05, 3.63) is 94.0 Å². The molecule has 2 aliphatic rings. The van der Waals surface area contributed by atoms with E-state index in [0.29, 0.717) is 29.8 Å². The maximum atomic E-state index is 15.5. The molecule has 1 amide bonds. The maximum absolute atomic E-state index is 15.5. The Morgan fingerprint density at radius 3 is 2.41 bits per heavy atom. The van der Waals surface area contributed by atoms with Crippen LogP contribution in [0.15, 0.2) is 60.7 Å². The van der Waals surface area contributed by atoms with Crippen LogP contribution in [0.25, 0.3) is 0 Å². The van der Waals surface area contributed by atoms with Gasteiger partial charge in [0.2, 0.25) is 11.5 Å². The zero-order chi connectivity index (χ0) is 28.3. The largest absolute Gasteiger partial charge is 0.488 e. The first kappa shape index (κ1) is 27.2. The smallest absolute Gasteiger partial charge is 0.425 e. The Balaban J connectivity index is 1.58. The summed E-state index contributed by atoms with van der Waals surface area (Å²) < 4.78 is 63.4. The zero-order valence-corrected chi connectivity index (χ0v) is 22.3. The minimum absolute atomic E-state index is 0.141. The second-order valence-electron chi connectivity index (χ2n) is 10.9. The van der Waals surface area contributed by atoms with E-state index >= 15 is 4.39 Å². The van der Waals surface area contributed by atoms with Crippen molar-refractivity contribution >= 4 is 11.6 Å². The summed E-state index contributed by atoms with van der Waals surface area (Å²) in [5.74, 6) is -0.174. The van der Waals surface area contributed by atoms with Gasteiger partial charge in [-0.25, -0.2) is 4.39 Å². The molecule has 0 radical (unpaired) electrons. The van der Waals surface area contributed by atoms with Gasteiger partial charge in [0.25, 0.3) is 0 Å². The van der Waals surface area contributed by atoms with Crippen LogP contribution in [-0.4, -0.2) is 29.8 Å². The van der Waals surface area contributed by atoms with Crippen molar-refractivity contribution in [2.45, 2.75) is 70.0 Å². The van der Waals surface area contributed by atoms with E-state index in [2.05, 4.69) is 0 Å². The molecule has 0 fully saturated rings. The fraction of sp³-hybridized carbons (Fsp3) is 0.387. The topological polar surface area (TPSA) is 49.8 Å². The summed E-state index contributed by atoms with van der Waals surface area (Å²) in [6, 6.07) is 17.5. The normalized spacial score (nSPS) is 25.2. The molecule has 3 aromatic carbocycles. The summed E-state index contributed by atoms with van der Waals surface area (Å²) in [6.07, 6.45) is -4.95. The molecular formula is C31H31F4NO3. The Labute approximate surface area is 225 Å². The van der Waals surface area contributed by atoms with Gasteiger partial charge in [0.1, 0.15) is 11.9 Å². The van der Waals surface area contributed by atoms with Gasteiger partial charge in [-0.1, -0.05) is 48.0 Å². The Bertz CT molecular complexity index is 1420. The van der Waals surface area contributed by atoms with Crippen LogP contribution in [0.4, 0.5) is 23.2 Å². The van der Waals surface area contributed by atoms with Crippen molar-refractivity contribution in [3.63, 3.8) is 0 Å². The molecule has 0 saturated heterocycles. The van der Waals surface area contributed by atoms with Gasteiger partial charge in [-0.2, -0.15) is 13.2 Å². The lowest BCUT2D eigenvalue weighted by Gasteiger charge is -2.51. The van der Waals surface area contributed by atoms with Gasteiger partial charge in [0.15, 0.2) is 5.67 Å². The number of carbonyl (C=O) groups excluding carboxylic acids is 1. The highest BCUT2D eigenvalue weighted by Gasteiger charge is 2.74. The number of benzene rings is 3. The molecule has 1 heterocycles. The van der Waals surface area contributed by atoms with E-state index in [1.165, 1.54) is 17.0 Å². The third-order valence-corrected chi connectivity index (χ3v) is 8.18. The van der Waals surface area contributed by atoms with Crippen molar-refractivity contribution in [2.24, 2.45) is 0 Å². The first-order valence-corrected chi connectivity index (χ1v) is 13.0.